The van der Waals surface area contributed by atoms with Crippen molar-refractivity contribution in [2.75, 3.05) is 19.6 Å². The van der Waals surface area contributed by atoms with Crippen molar-refractivity contribution < 1.29 is 9.21 Å². The topological polar surface area (TPSA) is 45.5 Å². The van der Waals surface area contributed by atoms with E-state index in [1.807, 2.05) is 30.3 Å². The number of piperidine rings is 1. The minimum Gasteiger partial charge on any atom is -0.451 e. The van der Waals surface area contributed by atoms with E-state index in [9.17, 15) is 4.79 Å². The number of nitrogens with zero attached hydrogens (tertiary/aromatic N) is 1. The Morgan fingerprint density at radius 1 is 1.27 bits per heavy atom. The van der Waals surface area contributed by atoms with Gasteiger partial charge >= 0.3 is 0 Å². The molecule has 1 aromatic heterocycles. The molecule has 2 aliphatic rings. The van der Waals surface area contributed by atoms with Crippen molar-refractivity contribution in [3.63, 3.8) is 0 Å². The minimum atomic E-state index is -0.132. The Hall–Kier alpha value is -1.78. The first-order valence-corrected chi connectivity index (χ1v) is 7.96. The lowest BCUT2D eigenvalue weighted by Crippen LogP contribution is -2.43. The summed E-state index contributed by atoms with van der Waals surface area (Å²) in [6.07, 6.45) is 1.18. The molecule has 3 atom stereocenters. The van der Waals surface area contributed by atoms with Crippen LogP contribution in [0.15, 0.2) is 40.8 Å². The van der Waals surface area contributed by atoms with Crippen LogP contribution in [-0.2, 0) is 0 Å². The van der Waals surface area contributed by atoms with E-state index in [2.05, 4.69) is 10.2 Å². The number of carbonyl (C=O) groups excluding carboxylic acids is 1. The van der Waals surface area contributed by atoms with Gasteiger partial charge in [-0.15, -0.1) is 0 Å². The zero-order valence-corrected chi connectivity index (χ0v) is 12.8. The first-order valence-electron chi connectivity index (χ1n) is 7.58. The van der Waals surface area contributed by atoms with Crippen molar-refractivity contribution in [2.45, 2.75) is 12.5 Å². The number of amides is 1. The van der Waals surface area contributed by atoms with Crippen molar-refractivity contribution >= 4 is 17.5 Å². The van der Waals surface area contributed by atoms with Crippen molar-refractivity contribution in [1.82, 2.24) is 10.2 Å². The highest BCUT2D eigenvalue weighted by Crippen LogP contribution is 2.28. The molecule has 5 heteroatoms. The number of nitrogens with one attached hydrogen (secondary N) is 1. The molecular weight excluding hydrogens is 300 g/mol. The second-order valence-corrected chi connectivity index (χ2v) is 6.50. The predicted molar refractivity (Wildman–Crippen MR) is 85.0 cm³/mol. The Morgan fingerprint density at radius 3 is 2.91 bits per heavy atom. The van der Waals surface area contributed by atoms with Gasteiger partial charge in [0.25, 0.3) is 5.91 Å². The van der Waals surface area contributed by atoms with Crippen molar-refractivity contribution in [2.24, 2.45) is 5.92 Å². The predicted octanol–water partition coefficient (Wildman–Crippen LogP) is 3.03. The van der Waals surface area contributed by atoms with Crippen LogP contribution >= 0.6 is 11.6 Å². The van der Waals surface area contributed by atoms with Gasteiger partial charge < -0.3 is 14.6 Å². The molecule has 0 radical (unpaired) electrons. The van der Waals surface area contributed by atoms with Crippen LogP contribution in [0, 0.1) is 5.92 Å². The Balaban J connectivity index is 1.48. The SMILES string of the molecule is O=C(NC1CN2CC[C@H]1C2)c1ccc(-c2cccc(Cl)c2)o1. The fourth-order valence-electron chi connectivity index (χ4n) is 3.44. The number of hydrogen-bond donors (Lipinski definition) is 1. The normalized spacial score (nSPS) is 26.3. The van der Waals surface area contributed by atoms with Crippen LogP contribution in [0.1, 0.15) is 17.0 Å². The summed E-state index contributed by atoms with van der Waals surface area (Å²) < 4.78 is 5.69. The Morgan fingerprint density at radius 2 is 2.18 bits per heavy atom. The molecule has 2 bridgehead atoms. The molecule has 0 aliphatic carbocycles. The summed E-state index contributed by atoms with van der Waals surface area (Å²) in [6.45, 7) is 3.23. The lowest BCUT2D eigenvalue weighted by atomic mass is 10.00. The van der Waals surface area contributed by atoms with Gasteiger partial charge in [0.05, 0.1) is 0 Å². The van der Waals surface area contributed by atoms with Gasteiger partial charge in [-0.1, -0.05) is 23.7 Å². The maximum Gasteiger partial charge on any atom is 0.287 e. The van der Waals surface area contributed by atoms with Gasteiger partial charge in [-0.3, -0.25) is 4.79 Å². The maximum atomic E-state index is 12.3. The zero-order chi connectivity index (χ0) is 15.1. The summed E-state index contributed by atoms with van der Waals surface area (Å²) in [5.74, 6) is 1.47. The molecule has 2 saturated heterocycles. The van der Waals surface area contributed by atoms with Crippen molar-refractivity contribution in [1.29, 1.82) is 0 Å². The van der Waals surface area contributed by atoms with Gasteiger partial charge in [0.15, 0.2) is 5.76 Å². The Kier molecular flexibility index (Phi) is 3.43. The van der Waals surface area contributed by atoms with E-state index in [0.717, 1.165) is 25.2 Å². The molecule has 2 unspecified atom stereocenters. The maximum absolute atomic E-state index is 12.3. The fourth-order valence-corrected chi connectivity index (χ4v) is 3.63. The molecule has 3 heterocycles. The van der Waals surface area contributed by atoms with Crippen LogP contribution in [0.5, 0.6) is 0 Å². The fraction of sp³-hybridized carbons (Fsp3) is 0.353. The van der Waals surface area contributed by atoms with Gasteiger partial charge in [-0.05, 0) is 43.1 Å². The number of carbonyl (C=O) groups is 1. The monoisotopic (exact) mass is 316 g/mol. The van der Waals surface area contributed by atoms with Gasteiger partial charge in [0.1, 0.15) is 5.76 Å². The molecule has 0 spiro atoms. The summed E-state index contributed by atoms with van der Waals surface area (Å²) in [7, 11) is 0. The van der Waals surface area contributed by atoms with Crippen LogP contribution in [0.3, 0.4) is 0 Å². The highest BCUT2D eigenvalue weighted by Gasteiger charge is 2.38. The average Bonchev–Trinajstić information content (AvgIpc) is 3.23. The highest BCUT2D eigenvalue weighted by atomic mass is 35.5. The summed E-state index contributed by atoms with van der Waals surface area (Å²) in [6, 6.07) is 11.2. The van der Waals surface area contributed by atoms with Crippen LogP contribution in [-0.4, -0.2) is 36.5 Å². The number of hydrogen-bond acceptors (Lipinski definition) is 3. The highest BCUT2D eigenvalue weighted by molar-refractivity contribution is 6.30. The number of benzene rings is 1. The Labute approximate surface area is 134 Å². The van der Waals surface area contributed by atoms with Gasteiger partial charge in [-0.2, -0.15) is 0 Å². The van der Waals surface area contributed by atoms with Crippen molar-refractivity contribution in [3.8, 4) is 11.3 Å². The standard InChI is InChI=1S/C17H17ClN2O2/c18-13-3-1-2-11(8-13)15-4-5-16(22-15)17(21)19-14-10-20-7-6-12(14)9-20/h1-5,8,12,14H,6-7,9-10H2,(H,19,21)/t12-,14?/m0/s1. The van der Waals surface area contributed by atoms with Crippen LogP contribution in [0.2, 0.25) is 5.02 Å². The van der Waals surface area contributed by atoms with E-state index >= 15 is 0 Å². The smallest absolute Gasteiger partial charge is 0.287 e. The quantitative estimate of drug-likeness (QED) is 0.946. The second kappa shape index (κ2) is 5.45. The zero-order valence-electron chi connectivity index (χ0n) is 12.1. The number of rotatable bonds is 3. The van der Waals surface area contributed by atoms with E-state index in [0.29, 0.717) is 22.5 Å². The molecular formula is C17H17ClN2O2. The summed E-state index contributed by atoms with van der Waals surface area (Å²) in [5.41, 5.74) is 0.873. The van der Waals surface area contributed by atoms with E-state index < -0.39 is 0 Å². The van der Waals surface area contributed by atoms with Gasteiger partial charge in [-0.25, -0.2) is 0 Å². The molecule has 4 rings (SSSR count). The largest absolute Gasteiger partial charge is 0.451 e. The minimum absolute atomic E-state index is 0.132. The first kappa shape index (κ1) is 13.9. The molecule has 2 aromatic rings. The van der Waals surface area contributed by atoms with Crippen LogP contribution in [0.4, 0.5) is 0 Å². The van der Waals surface area contributed by atoms with Crippen LogP contribution < -0.4 is 5.32 Å². The average molecular weight is 317 g/mol. The van der Waals surface area contributed by atoms with E-state index in [4.69, 9.17) is 16.0 Å². The number of furan rings is 1. The molecule has 1 amide bonds. The van der Waals surface area contributed by atoms with Crippen molar-refractivity contribution in [3.05, 3.63) is 47.2 Å². The molecule has 114 valence electrons. The van der Waals surface area contributed by atoms with E-state index in [-0.39, 0.29) is 11.9 Å². The van der Waals surface area contributed by atoms with E-state index in [1.165, 1.54) is 6.42 Å². The third-order valence-electron chi connectivity index (χ3n) is 4.59. The summed E-state index contributed by atoms with van der Waals surface area (Å²) >= 11 is 5.99. The molecule has 1 aromatic carbocycles. The number of halogens is 1. The third-order valence-corrected chi connectivity index (χ3v) is 4.82. The van der Waals surface area contributed by atoms with Gasteiger partial charge in [0, 0.05) is 29.7 Å². The lowest BCUT2D eigenvalue weighted by molar-refractivity contribution is 0.0897. The molecule has 2 fully saturated rings. The van der Waals surface area contributed by atoms with Crippen LogP contribution in [0.25, 0.3) is 11.3 Å². The van der Waals surface area contributed by atoms with Gasteiger partial charge in [0.2, 0.25) is 0 Å². The summed E-state index contributed by atoms with van der Waals surface area (Å²) in [4.78, 5) is 14.7. The lowest BCUT2D eigenvalue weighted by Gasteiger charge is -2.22. The Bertz CT molecular complexity index is 712. The molecule has 22 heavy (non-hydrogen) atoms. The third kappa shape index (κ3) is 2.53. The molecule has 2 aliphatic heterocycles. The molecule has 0 saturated carbocycles. The molecule has 4 nitrogen and oxygen atoms in total. The van der Waals surface area contributed by atoms with E-state index in [1.54, 1.807) is 6.07 Å². The second-order valence-electron chi connectivity index (χ2n) is 6.06. The first-order chi connectivity index (χ1) is 10.7. The summed E-state index contributed by atoms with van der Waals surface area (Å²) in [5, 5.41) is 3.75. The number of fused-ring (bicyclic) bond motifs is 2. The molecule has 1 N–H and O–H groups in total.